The molecule has 1 aliphatic rings. The van der Waals surface area contributed by atoms with Crippen molar-refractivity contribution in [1.29, 1.82) is 0 Å². The Kier molecular flexibility index (Phi) is 5.60. The van der Waals surface area contributed by atoms with Gasteiger partial charge in [-0.2, -0.15) is 0 Å². The van der Waals surface area contributed by atoms with E-state index in [0.29, 0.717) is 10.8 Å². The summed E-state index contributed by atoms with van der Waals surface area (Å²) in [6.07, 6.45) is 1.80. The molecule has 5 nitrogen and oxygen atoms in total. The number of nitrogens with one attached hydrogen (secondary N) is 1. The normalized spacial score (nSPS) is 17.9. The lowest BCUT2D eigenvalue weighted by Gasteiger charge is -2.28. The van der Waals surface area contributed by atoms with Crippen molar-refractivity contribution in [3.63, 3.8) is 0 Å². The van der Waals surface area contributed by atoms with Crippen molar-refractivity contribution in [1.82, 2.24) is 14.9 Å². The van der Waals surface area contributed by atoms with Gasteiger partial charge in [0.25, 0.3) is 0 Å². The molecule has 1 aliphatic heterocycles. The molecule has 5 rings (SSSR count). The topological polar surface area (TPSA) is 53.3 Å². The maximum absolute atomic E-state index is 10.7. The van der Waals surface area contributed by atoms with Gasteiger partial charge < -0.3 is 19.9 Å². The molecule has 166 valence electrons. The van der Waals surface area contributed by atoms with Crippen molar-refractivity contribution in [2.75, 3.05) is 4.90 Å². The van der Waals surface area contributed by atoms with E-state index in [1.54, 1.807) is 12.3 Å². The average Bonchev–Trinajstić information content (AvgIpc) is 3.31. The monoisotopic (exact) mass is 454 g/mol. The molecule has 33 heavy (non-hydrogen) atoms. The highest BCUT2D eigenvalue weighted by atomic mass is 32.1. The van der Waals surface area contributed by atoms with Crippen LogP contribution in [0.2, 0.25) is 0 Å². The van der Waals surface area contributed by atoms with Gasteiger partial charge >= 0.3 is 0 Å². The lowest BCUT2D eigenvalue weighted by atomic mass is 9.96. The van der Waals surface area contributed by atoms with Crippen LogP contribution in [0.15, 0.2) is 85.1 Å². The van der Waals surface area contributed by atoms with Crippen LogP contribution in [0.5, 0.6) is 5.75 Å². The molecule has 2 aromatic heterocycles. The van der Waals surface area contributed by atoms with E-state index >= 15 is 0 Å². The largest absolute Gasteiger partial charge is 0.506 e. The Balaban J connectivity index is 1.64. The third kappa shape index (κ3) is 3.87. The van der Waals surface area contributed by atoms with Crippen LogP contribution < -0.4 is 10.2 Å². The Bertz CT molecular complexity index is 1290. The van der Waals surface area contributed by atoms with Crippen molar-refractivity contribution in [3.05, 3.63) is 113 Å². The van der Waals surface area contributed by atoms with Gasteiger partial charge in [-0.1, -0.05) is 48.5 Å². The van der Waals surface area contributed by atoms with Crippen LogP contribution in [-0.2, 0) is 6.54 Å². The van der Waals surface area contributed by atoms with E-state index < -0.39 is 0 Å². The van der Waals surface area contributed by atoms with Gasteiger partial charge in [0.1, 0.15) is 5.75 Å². The van der Waals surface area contributed by atoms with E-state index in [1.165, 1.54) is 17.0 Å². The maximum atomic E-state index is 10.7. The fourth-order valence-electron chi connectivity index (χ4n) is 4.73. The average molecular weight is 455 g/mol. The van der Waals surface area contributed by atoms with Crippen LogP contribution in [0.25, 0.3) is 0 Å². The summed E-state index contributed by atoms with van der Waals surface area (Å²) in [5.41, 5.74) is 6.37. The van der Waals surface area contributed by atoms with Crippen molar-refractivity contribution in [2.45, 2.75) is 32.5 Å². The fraction of sp³-hybridized carbons (Fsp3) is 0.185. The number of aromatic nitrogens is 2. The van der Waals surface area contributed by atoms with E-state index in [1.807, 2.05) is 47.4 Å². The van der Waals surface area contributed by atoms with Gasteiger partial charge in [-0.15, -0.1) is 0 Å². The van der Waals surface area contributed by atoms with Crippen LogP contribution in [0.3, 0.4) is 0 Å². The minimum absolute atomic E-state index is 0.149. The summed E-state index contributed by atoms with van der Waals surface area (Å²) in [4.78, 5) is 6.66. The summed E-state index contributed by atoms with van der Waals surface area (Å²) < 4.78 is 2.34. The number of aryl methyl sites for hydroxylation is 1. The number of thiocarbonyl (C=S) groups is 1. The third-order valence-corrected chi connectivity index (χ3v) is 6.67. The smallest absolute Gasteiger partial charge is 0.174 e. The quantitative estimate of drug-likeness (QED) is 0.394. The third-order valence-electron chi connectivity index (χ3n) is 6.35. The Morgan fingerprint density at radius 2 is 1.70 bits per heavy atom. The summed E-state index contributed by atoms with van der Waals surface area (Å²) >= 11 is 5.79. The Labute approximate surface area is 199 Å². The summed E-state index contributed by atoms with van der Waals surface area (Å²) in [5, 5.41) is 14.7. The highest BCUT2D eigenvalue weighted by Gasteiger charge is 2.42. The maximum Gasteiger partial charge on any atom is 0.174 e. The first-order valence-corrected chi connectivity index (χ1v) is 11.4. The first-order valence-electron chi connectivity index (χ1n) is 11.0. The number of phenols is 1. The summed E-state index contributed by atoms with van der Waals surface area (Å²) in [5.74, 6) is 0.200. The minimum atomic E-state index is -0.156. The fourth-order valence-corrected chi connectivity index (χ4v) is 5.07. The number of para-hydroxylation sites is 2. The van der Waals surface area contributed by atoms with Crippen LogP contribution >= 0.6 is 12.2 Å². The van der Waals surface area contributed by atoms with E-state index in [4.69, 9.17) is 12.2 Å². The van der Waals surface area contributed by atoms with Crippen LogP contribution in [0.1, 0.15) is 40.3 Å². The molecule has 0 unspecified atom stereocenters. The van der Waals surface area contributed by atoms with Gasteiger partial charge in [-0.05, 0) is 67.5 Å². The highest BCUT2D eigenvalue weighted by Crippen LogP contribution is 2.45. The summed E-state index contributed by atoms with van der Waals surface area (Å²) in [6.45, 7) is 5.10. The zero-order valence-electron chi connectivity index (χ0n) is 18.6. The van der Waals surface area contributed by atoms with Crippen molar-refractivity contribution < 1.29 is 5.11 Å². The number of phenolic OH excluding ortho intramolecular Hbond substituents is 1. The zero-order valence-corrected chi connectivity index (χ0v) is 19.5. The SMILES string of the molecule is Cc1cc([C@@H]2[C@@H](c3ccccn3)NC(=S)N2c2ccccc2O)c(C)n1Cc1ccccc1. The number of hydrogen-bond acceptors (Lipinski definition) is 3. The number of hydrogen-bond donors (Lipinski definition) is 2. The van der Waals surface area contributed by atoms with E-state index in [-0.39, 0.29) is 17.8 Å². The second kappa shape index (κ2) is 8.71. The second-order valence-corrected chi connectivity index (χ2v) is 8.77. The van der Waals surface area contributed by atoms with E-state index in [9.17, 15) is 5.11 Å². The molecule has 0 amide bonds. The molecule has 1 fully saturated rings. The minimum Gasteiger partial charge on any atom is -0.506 e. The standard InChI is InChI=1S/C27H26N4OS/c1-18-16-21(19(2)30(18)17-20-10-4-3-5-11-20)26-25(22-12-8-9-15-28-22)29-27(33)31(26)23-13-6-7-14-24(23)32/h3-16,25-26,32H,17H2,1-2H3,(H,29,33)/t25-,26-/m1/s1. The number of aromatic hydroxyl groups is 1. The molecule has 2 atom stereocenters. The molecule has 4 aromatic rings. The molecule has 0 aliphatic carbocycles. The van der Waals surface area contributed by atoms with Crippen molar-refractivity contribution in [3.8, 4) is 5.75 Å². The molecule has 0 bridgehead atoms. The number of pyridine rings is 1. The van der Waals surface area contributed by atoms with Gasteiger partial charge in [0.2, 0.25) is 0 Å². The molecule has 0 saturated carbocycles. The predicted molar refractivity (Wildman–Crippen MR) is 135 cm³/mol. The van der Waals surface area contributed by atoms with Gasteiger partial charge in [-0.3, -0.25) is 4.98 Å². The van der Waals surface area contributed by atoms with Crippen molar-refractivity contribution in [2.24, 2.45) is 0 Å². The highest BCUT2D eigenvalue weighted by molar-refractivity contribution is 7.80. The van der Waals surface area contributed by atoms with Gasteiger partial charge in [0, 0.05) is 24.1 Å². The molecular formula is C27H26N4OS. The first kappa shape index (κ1) is 21.2. The Morgan fingerprint density at radius 1 is 0.970 bits per heavy atom. The van der Waals surface area contributed by atoms with E-state index in [0.717, 1.165) is 17.8 Å². The molecule has 0 spiro atoms. The van der Waals surface area contributed by atoms with Crippen molar-refractivity contribution >= 4 is 23.0 Å². The van der Waals surface area contributed by atoms with Gasteiger partial charge in [-0.25, -0.2) is 0 Å². The molecule has 1 saturated heterocycles. The molecule has 2 aromatic carbocycles. The first-order chi connectivity index (χ1) is 16.0. The predicted octanol–water partition coefficient (Wildman–Crippen LogP) is 5.43. The number of rotatable bonds is 5. The number of nitrogens with zero attached hydrogens (tertiary/aromatic N) is 3. The van der Waals surface area contributed by atoms with Gasteiger partial charge in [0.05, 0.1) is 23.5 Å². The molecule has 0 radical (unpaired) electrons. The molecule has 6 heteroatoms. The number of benzene rings is 2. The van der Waals surface area contributed by atoms with Crippen LogP contribution in [0, 0.1) is 13.8 Å². The summed E-state index contributed by atoms with van der Waals surface area (Å²) in [7, 11) is 0. The summed E-state index contributed by atoms with van der Waals surface area (Å²) in [6, 6.07) is 25.7. The second-order valence-electron chi connectivity index (χ2n) is 8.38. The zero-order chi connectivity index (χ0) is 22.9. The Morgan fingerprint density at radius 3 is 2.42 bits per heavy atom. The van der Waals surface area contributed by atoms with Gasteiger partial charge in [0.15, 0.2) is 5.11 Å². The number of anilines is 1. The molecule has 2 N–H and O–H groups in total. The Hall–Kier alpha value is -3.64. The lowest BCUT2D eigenvalue weighted by Crippen LogP contribution is -2.29. The molecular weight excluding hydrogens is 428 g/mol. The van der Waals surface area contributed by atoms with Crippen LogP contribution in [0.4, 0.5) is 5.69 Å². The van der Waals surface area contributed by atoms with E-state index in [2.05, 4.69) is 59.0 Å². The molecule has 3 heterocycles. The lowest BCUT2D eigenvalue weighted by molar-refractivity contribution is 0.472. The van der Waals surface area contributed by atoms with Crippen LogP contribution in [-0.4, -0.2) is 19.8 Å².